The number of amides is 10. The fraction of sp³-hybridized carbons (Fsp3) is 0.590. The number of carbonyl (C=O) groups excluding carboxylic acids is 10. The first kappa shape index (κ1) is 88.0. The lowest BCUT2D eigenvalue weighted by molar-refractivity contribution is -0.141. The standard InChI is InChI=1S/C36H49FN6O8S.C30H38FN5O7S.C7H6N4O.C5H13N.ClH/c1-35(2,3)41(4)33(47)38-28-14-9-7-5-6-8-12-23-18-36(23,32(46)40-52(49,50)25-15-16-25)39-30(44)29-17-24(20-43(29)31(28)45)51-34(48)42-19-22-11-10-13-27(37)26(22)21-42;31-23-9-6-7-18-15-35(17-22(18)23)29(40)43-20-13-25-26(37)33-30(28(39)34-44(41,42)21-11-12-21)14-19(30)8-4-2-1-3-5-10-24(32)27(38)36(25)16-20;12-7(10-3-1-8-5-10)11-4-2-9-6-11;1-5(2,3)6-4;/h8,10-13,23-25,28-29H,5-7,9,14-21H2,1-4H3,(H,38,47)(H,39,44)(H,40,46);4,6-9,19-21,24-25H,1-3,5,10-17,32H2,(H,33,37)(H,34,39);1-6H;6H,1-4H3;1H/b12-8-;8-4-;;;/t23-,24-,28+,29+,36-;19-,20-,24+,25+,30-;;;/m11.../s1. The van der Waals surface area contributed by atoms with Gasteiger partial charge in [-0.1, -0.05) is 74.3 Å². The number of nitrogens with zero attached hydrogens (tertiary/aromatic N) is 9. The maximum Gasteiger partial charge on any atom is 0.410 e. The average Bonchev–Trinajstić information content (AvgIpc) is 1.57. The number of benzene rings is 2. The van der Waals surface area contributed by atoms with Gasteiger partial charge in [-0.25, -0.2) is 54.8 Å². The van der Waals surface area contributed by atoms with E-state index in [0.717, 1.165) is 32.1 Å². The Morgan fingerprint density at radius 3 is 1.43 bits per heavy atom. The van der Waals surface area contributed by atoms with Gasteiger partial charge in [-0.05, 0) is 149 Å². The van der Waals surface area contributed by atoms with E-state index in [1.807, 2.05) is 52.1 Å². The van der Waals surface area contributed by atoms with Crippen LogP contribution < -0.4 is 36.4 Å². The summed E-state index contributed by atoms with van der Waals surface area (Å²) in [5, 5.41) is 10.3. The van der Waals surface area contributed by atoms with Crippen LogP contribution in [0.15, 0.2) is 98.1 Å². The summed E-state index contributed by atoms with van der Waals surface area (Å²) in [6.07, 6.45) is 22.2. The van der Waals surface area contributed by atoms with E-state index in [-0.39, 0.29) is 83.4 Å². The normalized spacial score (nSPS) is 26.7. The molecule has 0 radical (unpaired) electrons. The Morgan fingerprint density at radius 1 is 0.609 bits per heavy atom. The van der Waals surface area contributed by atoms with Gasteiger partial charge >= 0.3 is 24.2 Å². The van der Waals surface area contributed by atoms with E-state index >= 15 is 0 Å². The minimum absolute atomic E-state index is 0. The van der Waals surface area contributed by atoms with Gasteiger partial charge in [-0.2, -0.15) is 0 Å². The minimum Gasteiger partial charge on any atom is -0.444 e. The summed E-state index contributed by atoms with van der Waals surface area (Å²) in [6, 6.07) is 4.43. The first-order valence-corrected chi connectivity index (χ1v) is 42.1. The summed E-state index contributed by atoms with van der Waals surface area (Å²) in [5.41, 5.74) is 5.14. The molecule has 4 aliphatic carbocycles. The summed E-state index contributed by atoms with van der Waals surface area (Å²) in [7, 11) is -4.19. The molecule has 14 rings (SSSR count). The molecule has 4 saturated carbocycles. The number of sulfonamides is 2. The molecule has 10 aliphatic rings. The number of halogens is 3. The lowest BCUT2D eigenvalue weighted by atomic mass is 10.0. The van der Waals surface area contributed by atoms with Crippen molar-refractivity contribution in [2.24, 2.45) is 17.6 Å². The van der Waals surface area contributed by atoms with Crippen molar-refractivity contribution < 1.29 is 83.0 Å². The molecule has 0 bridgehead atoms. The number of fused-ring (bicyclic) bond motifs is 6. The van der Waals surface area contributed by atoms with Crippen LogP contribution in [0.25, 0.3) is 0 Å². The fourth-order valence-corrected chi connectivity index (χ4v) is 17.2. The van der Waals surface area contributed by atoms with Crippen molar-refractivity contribution in [1.82, 2.24) is 74.3 Å². The van der Waals surface area contributed by atoms with E-state index in [9.17, 15) is 73.6 Å². The Labute approximate surface area is 675 Å². The Kier molecular flexibility index (Phi) is 27.9. The molecule has 115 heavy (non-hydrogen) atoms. The highest BCUT2D eigenvalue weighted by Crippen LogP contribution is 2.48. The van der Waals surface area contributed by atoms with Crippen molar-refractivity contribution in [3.05, 3.63) is 132 Å². The molecule has 2 saturated heterocycles. The topological polar surface area (TPSA) is 407 Å². The van der Waals surface area contributed by atoms with E-state index < -0.39 is 161 Å². The van der Waals surface area contributed by atoms with Gasteiger partial charge in [0.25, 0.3) is 11.8 Å². The summed E-state index contributed by atoms with van der Waals surface area (Å²) in [6.45, 7) is 12.1. The second-order valence-electron chi connectivity index (χ2n) is 33.0. The van der Waals surface area contributed by atoms with E-state index in [2.05, 4.69) is 61.5 Å². The Morgan fingerprint density at radius 2 is 1.03 bits per heavy atom. The largest absolute Gasteiger partial charge is 0.444 e. The molecule has 4 aromatic rings. The first-order chi connectivity index (χ1) is 53.9. The highest BCUT2D eigenvalue weighted by atomic mass is 35.5. The SMILES string of the molecule is CN(C(=O)N[C@H]1CCCCC/C=C\[C@@H]2C[C@@]2(C(=O)NS(=O)(=O)C2CC2)NC(=O)[C@@H]2C[C@@H](OC(=O)N3Cc4cccc(F)c4C3)CN2C1=O)C(C)(C)C.CNC(C)(C)C.Cl.N[C@H]1CCCCC/C=C\[C@@H]2C[C@@]2(C(=O)NS(=O)(=O)C2CC2)NC(=O)[C@@H]2C[C@@H](OC(=O)N3Cc4cccc(F)c4C3)CN2C1=O.O=C(n1ccnc1)n1ccnc1. The van der Waals surface area contributed by atoms with Crippen LogP contribution in [-0.2, 0) is 84.5 Å². The highest BCUT2D eigenvalue weighted by molar-refractivity contribution is 7.91. The maximum atomic E-state index is 14.4. The van der Waals surface area contributed by atoms with Crippen LogP contribution in [-0.4, -0.2) is 216 Å². The Balaban J connectivity index is 0.000000199. The Bertz CT molecular complexity index is 4520. The van der Waals surface area contributed by atoms with E-state index in [1.165, 1.54) is 58.4 Å². The molecule has 0 unspecified atom stereocenters. The number of nitrogens with one attached hydrogen (secondary N) is 6. The van der Waals surface area contributed by atoms with Crippen LogP contribution in [0.4, 0.5) is 28.0 Å². The third-order valence-electron chi connectivity index (χ3n) is 22.4. The molecular weight excluding hydrogens is 1550 g/mol. The van der Waals surface area contributed by atoms with E-state index in [4.69, 9.17) is 15.2 Å². The fourth-order valence-electron chi connectivity index (χ4n) is 14.5. The number of hydrogen-bond donors (Lipinski definition) is 7. The molecule has 8 N–H and O–H groups in total. The van der Waals surface area contributed by atoms with Crippen LogP contribution in [0.1, 0.15) is 179 Å². The van der Waals surface area contributed by atoms with Gasteiger partial charge in [0, 0.05) is 91.8 Å². The number of nitrogens with two attached hydrogens (primary N) is 1. The first-order valence-electron chi connectivity index (χ1n) is 39.1. The number of rotatable bonds is 9. The van der Waals surface area contributed by atoms with Crippen molar-refractivity contribution >= 4 is 92.1 Å². The summed E-state index contributed by atoms with van der Waals surface area (Å²) in [4.78, 5) is 149. The maximum absolute atomic E-state index is 14.4. The van der Waals surface area contributed by atoms with Gasteiger partial charge in [0.15, 0.2) is 0 Å². The zero-order chi connectivity index (χ0) is 82.4. The summed E-state index contributed by atoms with van der Waals surface area (Å²) < 4.78 is 98.1. The molecule has 2 aromatic heterocycles. The van der Waals surface area contributed by atoms with Gasteiger partial charge in [0.05, 0.1) is 42.7 Å². The number of ether oxygens (including phenoxy) is 2. The molecule has 2 aromatic carbocycles. The number of aromatic nitrogens is 4. The quantitative estimate of drug-likeness (QED) is 0.0861. The lowest BCUT2D eigenvalue weighted by Crippen LogP contribution is -2.59. The van der Waals surface area contributed by atoms with Crippen molar-refractivity contribution in [2.75, 3.05) is 27.2 Å². The van der Waals surface area contributed by atoms with Crippen LogP contribution in [0.5, 0.6) is 0 Å². The zero-order valence-electron chi connectivity index (χ0n) is 66.1. The van der Waals surface area contributed by atoms with Crippen LogP contribution >= 0.6 is 12.4 Å². The molecule has 8 heterocycles. The van der Waals surface area contributed by atoms with E-state index in [0.29, 0.717) is 85.6 Å². The van der Waals surface area contributed by atoms with Gasteiger partial charge < -0.3 is 51.2 Å². The second-order valence-corrected chi connectivity index (χ2v) is 37.0. The predicted molar refractivity (Wildman–Crippen MR) is 419 cm³/mol. The number of imidazole rings is 2. The van der Waals surface area contributed by atoms with Crippen LogP contribution in [0.3, 0.4) is 0 Å². The lowest BCUT2D eigenvalue weighted by Gasteiger charge is -2.35. The molecular formula is C78H107ClF2N16O16S2. The smallest absolute Gasteiger partial charge is 0.410 e. The van der Waals surface area contributed by atoms with Gasteiger partial charge in [-0.15, -0.1) is 12.4 Å². The van der Waals surface area contributed by atoms with Crippen LogP contribution in [0, 0.1) is 23.5 Å². The number of allylic oxidation sites excluding steroid dienone is 2. The van der Waals surface area contributed by atoms with Crippen LogP contribution in [0.2, 0.25) is 0 Å². The monoisotopic (exact) mass is 1660 g/mol. The number of urea groups is 1. The molecule has 6 fully saturated rings. The minimum atomic E-state index is -3.92. The molecule has 10 atom stereocenters. The van der Waals surface area contributed by atoms with Crippen molar-refractivity contribution in [3.63, 3.8) is 0 Å². The number of hydrogen-bond acceptors (Lipinski definition) is 20. The van der Waals surface area contributed by atoms with Gasteiger partial charge in [0.1, 0.15) is 65.7 Å². The third kappa shape index (κ3) is 21.6. The number of carbonyl (C=O) groups is 10. The molecule has 37 heteroatoms. The molecule has 628 valence electrons. The van der Waals surface area contributed by atoms with Crippen molar-refractivity contribution in [3.8, 4) is 0 Å². The highest BCUT2D eigenvalue weighted by Gasteiger charge is 2.64. The molecule has 32 nitrogen and oxygen atoms in total. The van der Waals surface area contributed by atoms with E-state index in [1.54, 1.807) is 56.1 Å². The van der Waals surface area contributed by atoms with Crippen molar-refractivity contribution in [2.45, 2.75) is 252 Å². The van der Waals surface area contributed by atoms with Gasteiger partial charge in [-0.3, -0.25) is 57.1 Å². The van der Waals surface area contributed by atoms with Gasteiger partial charge in [0.2, 0.25) is 43.7 Å². The Hall–Kier alpha value is -9.39. The van der Waals surface area contributed by atoms with Crippen molar-refractivity contribution in [1.29, 1.82) is 0 Å². The second kappa shape index (κ2) is 36.4. The molecule has 0 spiro atoms. The summed E-state index contributed by atoms with van der Waals surface area (Å²) in [5.74, 6) is -5.70. The zero-order valence-corrected chi connectivity index (χ0v) is 68.5. The average molecular weight is 1660 g/mol. The summed E-state index contributed by atoms with van der Waals surface area (Å²) >= 11 is 0. The third-order valence-corrected chi connectivity index (χ3v) is 26.1. The predicted octanol–water partition coefficient (Wildman–Crippen LogP) is 6.66. The molecule has 6 aliphatic heterocycles. The molecule has 10 amide bonds.